The Morgan fingerprint density at radius 2 is 1.96 bits per heavy atom. The summed E-state index contributed by atoms with van der Waals surface area (Å²) in [5, 5.41) is 0. The Hall–Kier alpha value is -2.34. The molecule has 0 bridgehead atoms. The molecule has 1 amide bonds. The summed E-state index contributed by atoms with van der Waals surface area (Å²) < 4.78 is 24.1. The average molecular weight is 360 g/mol. The predicted octanol–water partition coefficient (Wildman–Crippen LogP) is 3.23. The van der Waals surface area contributed by atoms with Crippen LogP contribution in [0.2, 0.25) is 0 Å². The van der Waals surface area contributed by atoms with E-state index >= 15 is 0 Å². The van der Waals surface area contributed by atoms with E-state index in [9.17, 15) is 9.18 Å². The summed E-state index contributed by atoms with van der Waals surface area (Å²) in [5.41, 5.74) is 0. The van der Waals surface area contributed by atoms with Crippen molar-refractivity contribution in [2.24, 2.45) is 0 Å². The lowest BCUT2D eigenvalue weighted by molar-refractivity contribution is -0.133. The fourth-order valence-corrected chi connectivity index (χ4v) is 2.80. The smallest absolute Gasteiger partial charge is 0.237 e. The van der Waals surface area contributed by atoms with Crippen LogP contribution in [0.3, 0.4) is 0 Å². The Bertz CT molecular complexity index is 725. The van der Waals surface area contributed by atoms with E-state index in [2.05, 4.69) is 0 Å². The number of amides is 1. The summed E-state index contributed by atoms with van der Waals surface area (Å²) in [4.78, 5) is 16.5. The molecule has 0 radical (unpaired) electrons. The lowest BCUT2D eigenvalue weighted by atomic mass is 10.3. The van der Waals surface area contributed by atoms with E-state index in [4.69, 9.17) is 9.15 Å². The molecular weight excluding hydrogens is 335 g/mol. The number of furan rings is 1. The average Bonchev–Trinajstić information content (AvgIpc) is 3.36. The van der Waals surface area contributed by atoms with Crippen molar-refractivity contribution in [3.63, 3.8) is 0 Å². The standard InChI is InChI=1S/C20H25FN2O3/c1-15-3-8-19(26-15)13-23(17-6-7-17)20(24)14-22(2)11-12-25-18-9-4-16(21)5-10-18/h3-5,8-10,17H,6-7,11-14H2,1-2H3. The van der Waals surface area contributed by atoms with E-state index in [1.54, 1.807) is 12.1 Å². The zero-order chi connectivity index (χ0) is 18.5. The van der Waals surface area contributed by atoms with Crippen LogP contribution in [0.15, 0.2) is 40.8 Å². The normalized spacial score (nSPS) is 13.8. The van der Waals surface area contributed by atoms with Crippen LogP contribution in [0, 0.1) is 12.7 Å². The van der Waals surface area contributed by atoms with Crippen LogP contribution >= 0.6 is 0 Å². The maximum absolute atomic E-state index is 12.9. The van der Waals surface area contributed by atoms with E-state index in [1.807, 2.05) is 35.9 Å². The molecule has 6 heteroatoms. The highest BCUT2D eigenvalue weighted by Crippen LogP contribution is 2.28. The molecule has 26 heavy (non-hydrogen) atoms. The van der Waals surface area contributed by atoms with E-state index in [0.29, 0.717) is 38.0 Å². The molecule has 0 aliphatic heterocycles. The van der Waals surface area contributed by atoms with Crippen molar-refractivity contribution in [1.29, 1.82) is 0 Å². The van der Waals surface area contributed by atoms with Crippen LogP contribution in [0.4, 0.5) is 4.39 Å². The van der Waals surface area contributed by atoms with Crippen molar-refractivity contribution in [3.8, 4) is 5.75 Å². The summed E-state index contributed by atoms with van der Waals surface area (Å²) in [5.74, 6) is 2.13. The van der Waals surface area contributed by atoms with Gasteiger partial charge < -0.3 is 14.1 Å². The second-order valence-corrected chi connectivity index (χ2v) is 6.81. The van der Waals surface area contributed by atoms with Crippen LogP contribution in [-0.2, 0) is 11.3 Å². The van der Waals surface area contributed by atoms with E-state index in [-0.39, 0.29) is 11.7 Å². The van der Waals surface area contributed by atoms with Gasteiger partial charge in [-0.25, -0.2) is 4.39 Å². The summed E-state index contributed by atoms with van der Waals surface area (Å²) in [6, 6.07) is 10.1. The Kier molecular flexibility index (Phi) is 5.93. The first-order chi connectivity index (χ1) is 12.5. The molecule has 1 saturated carbocycles. The molecule has 0 spiro atoms. The number of ether oxygens (including phenoxy) is 1. The fraction of sp³-hybridized carbons (Fsp3) is 0.450. The van der Waals surface area contributed by atoms with Gasteiger partial charge in [0, 0.05) is 12.6 Å². The van der Waals surface area contributed by atoms with Gasteiger partial charge in [-0.2, -0.15) is 0 Å². The molecule has 1 aromatic carbocycles. The van der Waals surface area contributed by atoms with Gasteiger partial charge >= 0.3 is 0 Å². The third kappa shape index (κ3) is 5.33. The number of hydrogen-bond donors (Lipinski definition) is 0. The molecule has 0 saturated heterocycles. The number of hydrogen-bond acceptors (Lipinski definition) is 4. The highest BCUT2D eigenvalue weighted by Gasteiger charge is 2.33. The molecule has 0 unspecified atom stereocenters. The van der Waals surface area contributed by atoms with Gasteiger partial charge in [-0.1, -0.05) is 0 Å². The lowest BCUT2D eigenvalue weighted by Gasteiger charge is -2.24. The summed E-state index contributed by atoms with van der Waals surface area (Å²) in [6.07, 6.45) is 2.12. The van der Waals surface area contributed by atoms with Gasteiger partial charge in [0.05, 0.1) is 13.1 Å². The number of likely N-dealkylation sites (N-methyl/N-ethyl adjacent to an activating group) is 1. The van der Waals surface area contributed by atoms with Crippen LogP contribution < -0.4 is 4.74 Å². The number of rotatable bonds is 9. The topological polar surface area (TPSA) is 45.9 Å². The van der Waals surface area contributed by atoms with Crippen molar-refractivity contribution in [3.05, 3.63) is 53.7 Å². The van der Waals surface area contributed by atoms with Crippen molar-refractivity contribution in [1.82, 2.24) is 9.80 Å². The highest BCUT2D eigenvalue weighted by atomic mass is 19.1. The molecule has 140 valence electrons. The number of carbonyl (C=O) groups is 1. The Labute approximate surface area is 153 Å². The monoisotopic (exact) mass is 360 g/mol. The van der Waals surface area contributed by atoms with E-state index < -0.39 is 0 Å². The number of benzene rings is 1. The number of nitrogens with zero attached hydrogens (tertiary/aromatic N) is 2. The molecule has 1 aromatic heterocycles. The minimum atomic E-state index is -0.285. The minimum Gasteiger partial charge on any atom is -0.492 e. The van der Waals surface area contributed by atoms with Gasteiger partial charge in [-0.3, -0.25) is 9.69 Å². The van der Waals surface area contributed by atoms with Crippen LogP contribution in [0.25, 0.3) is 0 Å². The maximum atomic E-state index is 12.9. The molecule has 1 aliphatic rings. The van der Waals surface area contributed by atoms with Gasteiger partial charge in [0.15, 0.2) is 0 Å². The Balaban J connectivity index is 1.45. The molecule has 1 heterocycles. The maximum Gasteiger partial charge on any atom is 0.237 e. The largest absolute Gasteiger partial charge is 0.492 e. The molecular formula is C20H25FN2O3. The zero-order valence-electron chi connectivity index (χ0n) is 15.3. The first-order valence-corrected chi connectivity index (χ1v) is 8.93. The van der Waals surface area contributed by atoms with Gasteiger partial charge in [0.1, 0.15) is 29.7 Å². The van der Waals surface area contributed by atoms with Crippen LogP contribution in [-0.4, -0.2) is 48.5 Å². The summed E-state index contributed by atoms with van der Waals surface area (Å²) in [6.45, 7) is 3.82. The van der Waals surface area contributed by atoms with E-state index in [0.717, 1.165) is 24.4 Å². The second-order valence-electron chi connectivity index (χ2n) is 6.81. The quantitative estimate of drug-likeness (QED) is 0.689. The first kappa shape index (κ1) is 18.5. The zero-order valence-corrected chi connectivity index (χ0v) is 15.3. The lowest BCUT2D eigenvalue weighted by Crippen LogP contribution is -2.40. The SMILES string of the molecule is Cc1ccc(CN(C(=O)CN(C)CCOc2ccc(F)cc2)C2CC2)o1. The highest BCUT2D eigenvalue weighted by molar-refractivity contribution is 5.78. The van der Waals surface area contributed by atoms with Crippen LogP contribution in [0.5, 0.6) is 5.75 Å². The summed E-state index contributed by atoms with van der Waals surface area (Å²) >= 11 is 0. The van der Waals surface area contributed by atoms with Crippen molar-refractivity contribution >= 4 is 5.91 Å². The number of carbonyl (C=O) groups excluding carboxylic acids is 1. The fourth-order valence-electron chi connectivity index (χ4n) is 2.80. The Morgan fingerprint density at radius 3 is 2.58 bits per heavy atom. The molecule has 3 rings (SSSR count). The third-order valence-electron chi connectivity index (χ3n) is 4.39. The second kappa shape index (κ2) is 8.36. The van der Waals surface area contributed by atoms with Crippen LogP contribution in [0.1, 0.15) is 24.4 Å². The molecule has 0 atom stereocenters. The molecule has 2 aromatic rings. The Morgan fingerprint density at radius 1 is 1.23 bits per heavy atom. The molecule has 1 aliphatic carbocycles. The first-order valence-electron chi connectivity index (χ1n) is 8.93. The third-order valence-corrected chi connectivity index (χ3v) is 4.39. The van der Waals surface area contributed by atoms with Gasteiger partial charge in [-0.05, 0) is 63.2 Å². The molecule has 0 N–H and O–H groups in total. The number of halogens is 1. The molecule has 1 fully saturated rings. The summed E-state index contributed by atoms with van der Waals surface area (Å²) in [7, 11) is 1.90. The minimum absolute atomic E-state index is 0.103. The van der Waals surface area contributed by atoms with E-state index in [1.165, 1.54) is 12.1 Å². The number of aryl methyl sites for hydroxylation is 1. The molecule has 5 nitrogen and oxygen atoms in total. The predicted molar refractivity (Wildman–Crippen MR) is 96.4 cm³/mol. The van der Waals surface area contributed by atoms with Gasteiger partial charge in [-0.15, -0.1) is 0 Å². The van der Waals surface area contributed by atoms with Gasteiger partial charge in [0.25, 0.3) is 0 Å². The van der Waals surface area contributed by atoms with Crippen molar-refractivity contribution < 1.29 is 18.3 Å². The van der Waals surface area contributed by atoms with Gasteiger partial charge in [0.2, 0.25) is 5.91 Å². The van der Waals surface area contributed by atoms with Crippen molar-refractivity contribution in [2.75, 3.05) is 26.7 Å². The van der Waals surface area contributed by atoms with Crippen molar-refractivity contribution in [2.45, 2.75) is 32.4 Å².